The van der Waals surface area contributed by atoms with E-state index in [4.69, 9.17) is 15.9 Å². The van der Waals surface area contributed by atoms with Gasteiger partial charge in [0.15, 0.2) is 5.82 Å². The number of nitro groups is 1. The van der Waals surface area contributed by atoms with Crippen molar-refractivity contribution in [3.8, 4) is 35.2 Å². The summed E-state index contributed by atoms with van der Waals surface area (Å²) < 4.78 is 44.1. The second-order valence-corrected chi connectivity index (χ2v) is 13.4. The standard InChI is InChI=1S/C35H35F2N5O6/c1-3-23-26(36)6-5-20-13-21(43)14-24(28(20)23)29-27(42(45)46)15-25-31(30(29)37)39-33(40-32(25)41-11-4-7-34(2,44)18-41)48-19-35(8-9-35)16-22-17-38-10-12-47-22/h1,5-6,13-15,22,38,43-44H,4,7-12,16-19H2,2H3. The molecule has 11 nitrogen and oxygen atoms in total. The van der Waals surface area contributed by atoms with E-state index in [0.29, 0.717) is 26.0 Å². The quantitative estimate of drug-likeness (QED) is 0.131. The number of β-amino-alcohol motifs (C(OH)–C–C–N with tert-alkyl or cyclic N) is 1. The van der Waals surface area contributed by atoms with E-state index in [9.17, 15) is 24.7 Å². The van der Waals surface area contributed by atoms with Crippen molar-refractivity contribution in [1.29, 1.82) is 0 Å². The van der Waals surface area contributed by atoms with Gasteiger partial charge in [-0.05, 0) is 62.6 Å². The Morgan fingerprint density at radius 1 is 1.25 bits per heavy atom. The number of fused-ring (bicyclic) bond motifs is 2. The Bertz CT molecular complexity index is 1990. The minimum Gasteiger partial charge on any atom is -0.508 e. The number of benzene rings is 3. The highest BCUT2D eigenvalue weighted by Crippen LogP contribution is 2.50. The zero-order valence-electron chi connectivity index (χ0n) is 26.4. The molecule has 2 aliphatic heterocycles. The van der Waals surface area contributed by atoms with E-state index in [1.54, 1.807) is 11.8 Å². The first-order valence-electron chi connectivity index (χ1n) is 16.0. The molecule has 1 aliphatic carbocycles. The Hall–Kier alpha value is -4.64. The van der Waals surface area contributed by atoms with Crippen molar-refractivity contribution in [2.24, 2.45) is 5.41 Å². The van der Waals surface area contributed by atoms with Crippen molar-refractivity contribution in [2.75, 3.05) is 44.3 Å². The van der Waals surface area contributed by atoms with Gasteiger partial charge >= 0.3 is 6.01 Å². The molecule has 2 saturated heterocycles. The van der Waals surface area contributed by atoms with E-state index in [2.05, 4.69) is 21.2 Å². The number of nitrogens with one attached hydrogen (secondary N) is 1. The molecule has 3 aromatic carbocycles. The number of hydrogen-bond donors (Lipinski definition) is 3. The topological polar surface area (TPSA) is 143 Å². The fourth-order valence-electron chi connectivity index (χ4n) is 7.08. The Kier molecular flexibility index (Phi) is 8.06. The summed E-state index contributed by atoms with van der Waals surface area (Å²) in [7, 11) is 0. The summed E-state index contributed by atoms with van der Waals surface area (Å²) in [5, 5.41) is 37.8. The summed E-state index contributed by atoms with van der Waals surface area (Å²) in [5.41, 5.74) is -3.05. The zero-order chi connectivity index (χ0) is 33.8. The van der Waals surface area contributed by atoms with E-state index in [1.807, 2.05) is 0 Å². The van der Waals surface area contributed by atoms with Crippen LogP contribution in [0.1, 0.15) is 44.6 Å². The first-order chi connectivity index (χ1) is 23.0. The maximum atomic E-state index is 17.1. The van der Waals surface area contributed by atoms with Gasteiger partial charge in [0, 0.05) is 48.6 Å². The van der Waals surface area contributed by atoms with Crippen LogP contribution >= 0.6 is 0 Å². The van der Waals surface area contributed by atoms with Crippen molar-refractivity contribution < 1.29 is 33.4 Å². The van der Waals surface area contributed by atoms with Crippen LogP contribution in [0.4, 0.5) is 20.3 Å². The van der Waals surface area contributed by atoms with Crippen LogP contribution in [0.3, 0.4) is 0 Å². The summed E-state index contributed by atoms with van der Waals surface area (Å²) >= 11 is 0. The molecule has 0 spiro atoms. The van der Waals surface area contributed by atoms with E-state index in [0.717, 1.165) is 44.5 Å². The Labute approximate surface area is 275 Å². The van der Waals surface area contributed by atoms with Gasteiger partial charge in [-0.2, -0.15) is 9.97 Å². The number of nitro benzene ring substituents is 1. The smallest absolute Gasteiger partial charge is 0.319 e. The number of phenolic OH excluding ortho intramolecular Hbond substituents is 1. The van der Waals surface area contributed by atoms with E-state index in [-0.39, 0.29) is 75.1 Å². The third kappa shape index (κ3) is 5.96. The minimum absolute atomic E-state index is 0.0320. The van der Waals surface area contributed by atoms with Gasteiger partial charge < -0.3 is 29.9 Å². The molecule has 2 unspecified atom stereocenters. The van der Waals surface area contributed by atoms with E-state index >= 15 is 4.39 Å². The highest BCUT2D eigenvalue weighted by atomic mass is 19.1. The number of aromatic hydroxyl groups is 1. The lowest BCUT2D eigenvalue weighted by Gasteiger charge is -2.38. The molecule has 3 N–H and O–H groups in total. The van der Waals surface area contributed by atoms with Gasteiger partial charge in [0.25, 0.3) is 5.69 Å². The SMILES string of the molecule is C#Cc1c(F)ccc2cc(O)cc(-c3c([N+](=O)[O-])cc4c(N5CCCC(C)(O)C5)nc(OCC5(CC6CNCCO6)CC5)nc4c3F)c12. The average Bonchev–Trinajstić information content (AvgIpc) is 3.82. The van der Waals surface area contributed by atoms with Gasteiger partial charge in [0.05, 0.1) is 46.4 Å². The fraction of sp³-hybridized carbons (Fsp3) is 0.429. The van der Waals surface area contributed by atoms with Gasteiger partial charge in [0.2, 0.25) is 0 Å². The Balaban J connectivity index is 1.40. The monoisotopic (exact) mass is 659 g/mol. The molecule has 7 rings (SSSR count). The molecule has 4 aromatic rings. The molecule has 48 heavy (non-hydrogen) atoms. The van der Waals surface area contributed by atoms with Crippen molar-refractivity contribution in [3.63, 3.8) is 0 Å². The number of aromatic nitrogens is 2. The largest absolute Gasteiger partial charge is 0.508 e. The van der Waals surface area contributed by atoms with Gasteiger partial charge in [-0.3, -0.25) is 10.1 Å². The second-order valence-electron chi connectivity index (χ2n) is 13.4. The van der Waals surface area contributed by atoms with Crippen LogP contribution in [0.2, 0.25) is 0 Å². The van der Waals surface area contributed by atoms with E-state index < -0.39 is 33.4 Å². The molecule has 1 aromatic heterocycles. The maximum Gasteiger partial charge on any atom is 0.319 e. The predicted molar refractivity (Wildman–Crippen MR) is 175 cm³/mol. The van der Waals surface area contributed by atoms with Gasteiger partial charge in [-0.25, -0.2) is 8.78 Å². The number of terminal acetylenes is 1. The van der Waals surface area contributed by atoms with E-state index in [1.165, 1.54) is 18.2 Å². The molecular formula is C35H35F2N5O6. The lowest BCUT2D eigenvalue weighted by atomic mass is 9.91. The zero-order valence-corrected chi connectivity index (χ0v) is 26.4. The summed E-state index contributed by atoms with van der Waals surface area (Å²) in [6.45, 7) is 4.74. The highest BCUT2D eigenvalue weighted by Gasteiger charge is 2.46. The number of ether oxygens (including phenoxy) is 2. The molecular weight excluding hydrogens is 624 g/mol. The number of nitrogens with zero attached hydrogens (tertiary/aromatic N) is 4. The first kappa shape index (κ1) is 31.9. The lowest BCUT2D eigenvalue weighted by Crippen LogP contribution is -2.46. The lowest BCUT2D eigenvalue weighted by molar-refractivity contribution is -0.384. The van der Waals surface area contributed by atoms with Gasteiger partial charge in [-0.1, -0.05) is 12.0 Å². The summed E-state index contributed by atoms with van der Waals surface area (Å²) in [6, 6.07) is 5.98. The Morgan fingerprint density at radius 2 is 2.06 bits per heavy atom. The van der Waals surface area contributed by atoms with Crippen LogP contribution < -0.4 is 15.0 Å². The summed E-state index contributed by atoms with van der Waals surface area (Å²) in [5.74, 6) is 0.270. The fourth-order valence-corrected chi connectivity index (χ4v) is 7.08. The minimum atomic E-state index is -1.08. The van der Waals surface area contributed by atoms with Crippen molar-refractivity contribution in [2.45, 2.75) is 50.7 Å². The van der Waals surface area contributed by atoms with Crippen LogP contribution in [0.5, 0.6) is 11.8 Å². The van der Waals surface area contributed by atoms with Crippen LogP contribution in [0.25, 0.3) is 32.8 Å². The first-order valence-corrected chi connectivity index (χ1v) is 16.0. The molecule has 250 valence electrons. The number of hydrogen-bond acceptors (Lipinski definition) is 10. The maximum absolute atomic E-state index is 17.1. The summed E-state index contributed by atoms with van der Waals surface area (Å²) in [4.78, 5) is 22.7. The number of morpholine rings is 1. The van der Waals surface area contributed by atoms with Crippen LogP contribution in [0, 0.1) is 39.5 Å². The molecule has 0 radical (unpaired) electrons. The van der Waals surface area contributed by atoms with Crippen LogP contribution in [0.15, 0.2) is 30.3 Å². The number of piperidine rings is 1. The molecule has 3 aliphatic rings. The number of anilines is 1. The second kappa shape index (κ2) is 12.1. The van der Waals surface area contributed by atoms with Crippen molar-refractivity contribution >= 4 is 33.2 Å². The molecule has 1 saturated carbocycles. The number of phenols is 1. The van der Waals surface area contributed by atoms with Crippen LogP contribution in [-0.4, -0.2) is 76.2 Å². The highest BCUT2D eigenvalue weighted by molar-refractivity contribution is 6.06. The average molecular weight is 660 g/mol. The van der Waals surface area contributed by atoms with Crippen molar-refractivity contribution in [1.82, 2.24) is 15.3 Å². The third-order valence-electron chi connectivity index (χ3n) is 9.64. The predicted octanol–water partition coefficient (Wildman–Crippen LogP) is 5.21. The van der Waals surface area contributed by atoms with Crippen LogP contribution in [-0.2, 0) is 4.74 Å². The third-order valence-corrected chi connectivity index (χ3v) is 9.64. The molecule has 0 bridgehead atoms. The number of halogens is 2. The van der Waals surface area contributed by atoms with Crippen molar-refractivity contribution in [3.05, 3.63) is 57.6 Å². The summed E-state index contributed by atoms with van der Waals surface area (Å²) in [6.07, 6.45) is 9.46. The normalized spacial score (nSPS) is 22.1. The van der Waals surface area contributed by atoms with Gasteiger partial charge in [-0.15, -0.1) is 6.42 Å². The van der Waals surface area contributed by atoms with Gasteiger partial charge in [0.1, 0.15) is 22.9 Å². The molecule has 13 heteroatoms. The molecule has 3 fully saturated rings. The number of aliphatic hydroxyl groups is 1. The number of rotatable bonds is 8. The molecule has 3 heterocycles. The Morgan fingerprint density at radius 3 is 2.75 bits per heavy atom. The molecule has 0 amide bonds. The molecule has 2 atom stereocenters.